The minimum absolute atomic E-state index is 0.0377. The van der Waals surface area contributed by atoms with E-state index in [-0.39, 0.29) is 19.0 Å². The van der Waals surface area contributed by atoms with Crippen molar-refractivity contribution >= 4 is 11.8 Å². The van der Waals surface area contributed by atoms with Crippen molar-refractivity contribution in [2.24, 2.45) is 11.3 Å². The summed E-state index contributed by atoms with van der Waals surface area (Å²) in [6.07, 6.45) is 0. The highest BCUT2D eigenvalue weighted by Gasteiger charge is 2.37. The van der Waals surface area contributed by atoms with E-state index in [0.29, 0.717) is 12.5 Å². The summed E-state index contributed by atoms with van der Waals surface area (Å²) in [5.74, 6) is -0.363. The van der Waals surface area contributed by atoms with E-state index in [1.54, 1.807) is 20.8 Å². The molecule has 0 spiro atoms. The van der Waals surface area contributed by atoms with E-state index >= 15 is 0 Å². The molecule has 0 aliphatic carbocycles. The number of Topliss-reactive ketones (excluding diaryl/α,β-unsaturated/α-hetero) is 1. The predicted molar refractivity (Wildman–Crippen MR) is 61.1 cm³/mol. The van der Waals surface area contributed by atoms with Crippen molar-refractivity contribution in [3.63, 3.8) is 0 Å². The summed E-state index contributed by atoms with van der Waals surface area (Å²) >= 11 is 0. The Hall–Kier alpha value is -0.900. The van der Waals surface area contributed by atoms with Gasteiger partial charge in [-0.2, -0.15) is 0 Å². The van der Waals surface area contributed by atoms with Crippen LogP contribution >= 0.6 is 0 Å². The number of rotatable bonds is 7. The molecular formula is C12H22O4. The van der Waals surface area contributed by atoms with E-state index in [9.17, 15) is 9.59 Å². The van der Waals surface area contributed by atoms with Crippen LogP contribution in [-0.2, 0) is 19.1 Å². The molecule has 0 fully saturated rings. The second-order valence-electron chi connectivity index (χ2n) is 4.68. The molecule has 16 heavy (non-hydrogen) atoms. The van der Waals surface area contributed by atoms with E-state index in [1.165, 1.54) is 0 Å². The van der Waals surface area contributed by atoms with Crippen LogP contribution in [-0.4, -0.2) is 31.6 Å². The first-order chi connectivity index (χ1) is 7.32. The highest BCUT2D eigenvalue weighted by atomic mass is 16.5. The van der Waals surface area contributed by atoms with Gasteiger partial charge in [-0.3, -0.25) is 9.59 Å². The van der Waals surface area contributed by atoms with E-state index in [1.807, 2.05) is 13.8 Å². The summed E-state index contributed by atoms with van der Waals surface area (Å²) in [4.78, 5) is 23.2. The van der Waals surface area contributed by atoms with E-state index in [0.717, 1.165) is 0 Å². The second-order valence-corrected chi connectivity index (χ2v) is 4.68. The topological polar surface area (TPSA) is 52.6 Å². The average molecular weight is 230 g/mol. The van der Waals surface area contributed by atoms with Gasteiger partial charge in [0.25, 0.3) is 0 Å². The van der Waals surface area contributed by atoms with Crippen molar-refractivity contribution in [3.05, 3.63) is 0 Å². The molecule has 0 atom stereocenters. The van der Waals surface area contributed by atoms with Crippen molar-refractivity contribution in [2.75, 3.05) is 19.8 Å². The lowest BCUT2D eigenvalue weighted by atomic mass is 9.88. The number of ether oxygens (including phenoxy) is 2. The lowest BCUT2D eigenvalue weighted by Crippen LogP contribution is -2.37. The van der Waals surface area contributed by atoms with Gasteiger partial charge in [0.1, 0.15) is 12.0 Å². The molecule has 0 aromatic rings. The predicted octanol–water partition coefficient (Wildman–Crippen LogP) is 1.82. The first-order valence-electron chi connectivity index (χ1n) is 5.60. The molecule has 0 amide bonds. The standard InChI is InChI=1S/C12H22O4/c1-6-16-11(14)12(4,5)10(13)8-15-7-9(2)3/h9H,6-8H2,1-5H3. The fourth-order valence-electron chi connectivity index (χ4n) is 0.993. The Morgan fingerprint density at radius 3 is 2.25 bits per heavy atom. The van der Waals surface area contributed by atoms with Crippen LogP contribution in [0.2, 0.25) is 0 Å². The van der Waals surface area contributed by atoms with Crippen molar-refractivity contribution in [2.45, 2.75) is 34.6 Å². The molecular weight excluding hydrogens is 208 g/mol. The fourth-order valence-corrected chi connectivity index (χ4v) is 0.993. The third-order valence-electron chi connectivity index (χ3n) is 2.17. The van der Waals surface area contributed by atoms with Crippen molar-refractivity contribution in [3.8, 4) is 0 Å². The minimum atomic E-state index is -1.12. The molecule has 0 N–H and O–H groups in total. The molecule has 0 aromatic heterocycles. The SMILES string of the molecule is CCOC(=O)C(C)(C)C(=O)COCC(C)C. The quantitative estimate of drug-likeness (QED) is 0.494. The van der Waals surface area contributed by atoms with E-state index < -0.39 is 11.4 Å². The molecule has 0 unspecified atom stereocenters. The zero-order valence-corrected chi connectivity index (χ0v) is 10.8. The largest absolute Gasteiger partial charge is 0.465 e. The Bertz CT molecular complexity index is 243. The molecule has 0 bridgehead atoms. The zero-order valence-electron chi connectivity index (χ0n) is 10.8. The first kappa shape index (κ1) is 15.1. The Morgan fingerprint density at radius 2 is 1.81 bits per heavy atom. The summed E-state index contributed by atoms with van der Waals surface area (Å²) in [7, 11) is 0. The summed E-state index contributed by atoms with van der Waals surface area (Å²) in [5.41, 5.74) is -1.12. The summed E-state index contributed by atoms with van der Waals surface area (Å²) in [6, 6.07) is 0. The van der Waals surface area contributed by atoms with Crippen LogP contribution in [0.1, 0.15) is 34.6 Å². The van der Waals surface area contributed by atoms with Crippen molar-refractivity contribution < 1.29 is 19.1 Å². The second kappa shape index (κ2) is 6.63. The smallest absolute Gasteiger partial charge is 0.319 e. The summed E-state index contributed by atoms with van der Waals surface area (Å²) < 4.78 is 10.1. The Balaban J connectivity index is 4.19. The van der Waals surface area contributed by atoms with Gasteiger partial charge in [0, 0.05) is 6.61 Å². The molecule has 0 saturated heterocycles. The monoisotopic (exact) mass is 230 g/mol. The molecule has 0 aliphatic rings. The third kappa shape index (κ3) is 4.75. The first-order valence-corrected chi connectivity index (χ1v) is 5.60. The van der Waals surface area contributed by atoms with Gasteiger partial charge in [-0.1, -0.05) is 13.8 Å². The van der Waals surface area contributed by atoms with Gasteiger partial charge >= 0.3 is 5.97 Å². The Labute approximate surface area is 97.3 Å². The van der Waals surface area contributed by atoms with Gasteiger partial charge in [-0.25, -0.2) is 0 Å². The number of hydrogen-bond donors (Lipinski definition) is 0. The van der Waals surface area contributed by atoms with Gasteiger partial charge in [0.05, 0.1) is 6.61 Å². The highest BCUT2D eigenvalue weighted by Crippen LogP contribution is 2.19. The summed E-state index contributed by atoms with van der Waals surface area (Å²) in [5, 5.41) is 0. The lowest BCUT2D eigenvalue weighted by Gasteiger charge is -2.20. The number of ketones is 1. The number of carbonyl (C=O) groups excluding carboxylic acids is 2. The molecule has 4 heteroatoms. The van der Waals surface area contributed by atoms with Crippen LogP contribution in [0.3, 0.4) is 0 Å². The molecule has 0 aliphatic heterocycles. The summed E-state index contributed by atoms with van der Waals surface area (Å²) in [6.45, 7) is 9.60. The maximum Gasteiger partial charge on any atom is 0.319 e. The molecule has 0 rings (SSSR count). The number of carbonyl (C=O) groups is 2. The van der Waals surface area contributed by atoms with E-state index in [4.69, 9.17) is 9.47 Å². The van der Waals surface area contributed by atoms with Crippen LogP contribution in [0.4, 0.5) is 0 Å². The molecule has 0 saturated carbocycles. The molecule has 4 nitrogen and oxygen atoms in total. The van der Waals surface area contributed by atoms with Gasteiger partial charge in [0.15, 0.2) is 5.78 Å². The van der Waals surface area contributed by atoms with Crippen molar-refractivity contribution in [1.82, 2.24) is 0 Å². The fraction of sp³-hybridized carbons (Fsp3) is 0.833. The average Bonchev–Trinajstić information content (AvgIpc) is 2.17. The Kier molecular flexibility index (Phi) is 6.26. The van der Waals surface area contributed by atoms with Crippen LogP contribution in [0.5, 0.6) is 0 Å². The zero-order chi connectivity index (χ0) is 12.8. The van der Waals surface area contributed by atoms with Crippen molar-refractivity contribution in [1.29, 1.82) is 0 Å². The van der Waals surface area contributed by atoms with Gasteiger partial charge in [-0.05, 0) is 26.7 Å². The van der Waals surface area contributed by atoms with Crippen LogP contribution in [0, 0.1) is 11.3 Å². The minimum Gasteiger partial charge on any atom is -0.465 e. The third-order valence-corrected chi connectivity index (χ3v) is 2.17. The van der Waals surface area contributed by atoms with Gasteiger partial charge in [-0.15, -0.1) is 0 Å². The number of hydrogen-bond acceptors (Lipinski definition) is 4. The van der Waals surface area contributed by atoms with Crippen LogP contribution in [0.15, 0.2) is 0 Å². The van der Waals surface area contributed by atoms with Gasteiger partial charge < -0.3 is 9.47 Å². The molecule has 0 radical (unpaired) electrons. The lowest BCUT2D eigenvalue weighted by molar-refractivity contribution is -0.159. The van der Waals surface area contributed by atoms with Crippen LogP contribution < -0.4 is 0 Å². The van der Waals surface area contributed by atoms with E-state index in [2.05, 4.69) is 0 Å². The Morgan fingerprint density at radius 1 is 1.25 bits per heavy atom. The normalized spacial score (nSPS) is 11.6. The van der Waals surface area contributed by atoms with Crippen LogP contribution in [0.25, 0.3) is 0 Å². The number of esters is 1. The maximum absolute atomic E-state index is 11.7. The highest BCUT2D eigenvalue weighted by molar-refractivity contribution is 6.03. The molecule has 0 aromatic carbocycles. The molecule has 94 valence electrons. The molecule has 0 heterocycles. The van der Waals surface area contributed by atoms with Gasteiger partial charge in [0.2, 0.25) is 0 Å². The maximum atomic E-state index is 11.7.